The SMILES string of the molecule is CN(CC(C)(C)C)S(=O)(=O)c1ccc(Br)cc1Cl. The average Bonchev–Trinajstić information content (AvgIpc) is 2.13. The van der Waals surface area contributed by atoms with Crippen molar-refractivity contribution in [2.75, 3.05) is 13.6 Å². The van der Waals surface area contributed by atoms with E-state index in [1.807, 2.05) is 20.8 Å². The molecule has 3 nitrogen and oxygen atoms in total. The van der Waals surface area contributed by atoms with Crippen molar-refractivity contribution >= 4 is 37.6 Å². The van der Waals surface area contributed by atoms with Crippen molar-refractivity contribution in [3.63, 3.8) is 0 Å². The van der Waals surface area contributed by atoms with Gasteiger partial charge in [-0.05, 0) is 23.6 Å². The fourth-order valence-electron chi connectivity index (χ4n) is 1.61. The zero-order valence-corrected chi connectivity index (χ0v) is 14.0. The van der Waals surface area contributed by atoms with E-state index >= 15 is 0 Å². The van der Waals surface area contributed by atoms with Gasteiger partial charge in [0.2, 0.25) is 10.0 Å². The Labute approximate surface area is 122 Å². The lowest BCUT2D eigenvalue weighted by Gasteiger charge is -2.26. The van der Waals surface area contributed by atoms with Crippen LogP contribution in [0.1, 0.15) is 20.8 Å². The molecule has 0 aliphatic carbocycles. The van der Waals surface area contributed by atoms with Gasteiger partial charge in [-0.3, -0.25) is 0 Å². The van der Waals surface area contributed by atoms with E-state index in [-0.39, 0.29) is 15.3 Å². The molecule has 1 aromatic carbocycles. The third kappa shape index (κ3) is 3.95. The number of sulfonamides is 1. The Morgan fingerprint density at radius 2 is 1.89 bits per heavy atom. The molecule has 0 spiro atoms. The maximum absolute atomic E-state index is 12.4. The molecule has 0 aliphatic rings. The summed E-state index contributed by atoms with van der Waals surface area (Å²) in [7, 11) is -1.97. The van der Waals surface area contributed by atoms with Gasteiger partial charge in [-0.2, -0.15) is 0 Å². The van der Waals surface area contributed by atoms with Crippen LogP contribution < -0.4 is 0 Å². The van der Waals surface area contributed by atoms with Crippen molar-refractivity contribution in [2.24, 2.45) is 5.41 Å². The Morgan fingerprint density at radius 3 is 2.33 bits per heavy atom. The van der Waals surface area contributed by atoms with Gasteiger partial charge >= 0.3 is 0 Å². The van der Waals surface area contributed by atoms with Crippen LogP contribution in [0.15, 0.2) is 27.6 Å². The minimum Gasteiger partial charge on any atom is -0.207 e. The van der Waals surface area contributed by atoms with E-state index in [9.17, 15) is 8.42 Å². The summed E-state index contributed by atoms with van der Waals surface area (Å²) in [6.07, 6.45) is 0. The zero-order valence-electron chi connectivity index (χ0n) is 10.9. The van der Waals surface area contributed by atoms with Crippen molar-refractivity contribution in [3.8, 4) is 0 Å². The summed E-state index contributed by atoms with van der Waals surface area (Å²) >= 11 is 9.25. The number of halogens is 2. The summed E-state index contributed by atoms with van der Waals surface area (Å²) in [5.74, 6) is 0. The Morgan fingerprint density at radius 1 is 1.33 bits per heavy atom. The van der Waals surface area contributed by atoms with E-state index in [4.69, 9.17) is 11.6 Å². The summed E-state index contributed by atoms with van der Waals surface area (Å²) in [5, 5.41) is 0.227. The molecule has 6 heteroatoms. The van der Waals surface area contributed by atoms with Crippen LogP contribution in [0.4, 0.5) is 0 Å². The molecule has 1 rings (SSSR count). The number of hydrogen-bond acceptors (Lipinski definition) is 2. The monoisotopic (exact) mass is 353 g/mol. The van der Waals surface area contributed by atoms with Gasteiger partial charge < -0.3 is 0 Å². The Balaban J connectivity index is 3.14. The summed E-state index contributed by atoms with van der Waals surface area (Å²) < 4.78 is 26.8. The molecule has 1 aromatic rings. The Hall–Kier alpha value is -0.100. The van der Waals surface area contributed by atoms with E-state index in [0.717, 1.165) is 4.47 Å². The molecule has 0 atom stereocenters. The highest BCUT2D eigenvalue weighted by Crippen LogP contribution is 2.28. The van der Waals surface area contributed by atoms with E-state index in [1.54, 1.807) is 19.2 Å². The van der Waals surface area contributed by atoms with Gasteiger partial charge in [-0.1, -0.05) is 48.3 Å². The molecule has 0 aliphatic heterocycles. The fraction of sp³-hybridized carbons (Fsp3) is 0.500. The van der Waals surface area contributed by atoms with Gasteiger partial charge in [0, 0.05) is 18.1 Å². The van der Waals surface area contributed by atoms with Gasteiger partial charge in [0.25, 0.3) is 0 Å². The van der Waals surface area contributed by atoms with Crippen molar-refractivity contribution in [2.45, 2.75) is 25.7 Å². The second kappa shape index (κ2) is 5.49. The molecule has 0 saturated carbocycles. The van der Waals surface area contributed by atoms with Crippen LogP contribution in [-0.2, 0) is 10.0 Å². The smallest absolute Gasteiger partial charge is 0.207 e. The molecule has 0 bridgehead atoms. The first-order valence-corrected chi connectivity index (χ1v) is 8.06. The van der Waals surface area contributed by atoms with Gasteiger partial charge in [-0.25, -0.2) is 12.7 Å². The highest BCUT2D eigenvalue weighted by atomic mass is 79.9. The second-order valence-electron chi connectivity index (χ2n) is 5.40. The summed E-state index contributed by atoms with van der Waals surface area (Å²) in [6.45, 7) is 6.40. The molecule has 0 aromatic heterocycles. The standard InChI is InChI=1S/C12H17BrClNO2S/c1-12(2,3)8-15(4)18(16,17)11-6-5-9(13)7-10(11)14/h5-7H,8H2,1-4H3. The van der Waals surface area contributed by atoms with Crippen LogP contribution in [0, 0.1) is 5.41 Å². The van der Waals surface area contributed by atoms with Crippen LogP contribution in [0.25, 0.3) is 0 Å². The lowest BCUT2D eigenvalue weighted by atomic mass is 9.97. The van der Waals surface area contributed by atoms with Gasteiger partial charge in [0.1, 0.15) is 4.90 Å². The van der Waals surface area contributed by atoms with Crippen molar-refractivity contribution < 1.29 is 8.42 Å². The van der Waals surface area contributed by atoms with Crippen LogP contribution in [-0.4, -0.2) is 26.3 Å². The molecule has 0 radical (unpaired) electrons. The molecule has 0 saturated heterocycles. The zero-order chi connectivity index (χ0) is 14.1. The van der Waals surface area contributed by atoms with E-state index < -0.39 is 10.0 Å². The number of hydrogen-bond donors (Lipinski definition) is 0. The molecule has 0 amide bonds. The second-order valence-corrected chi connectivity index (χ2v) is 8.73. The van der Waals surface area contributed by atoms with Crippen LogP contribution >= 0.6 is 27.5 Å². The largest absolute Gasteiger partial charge is 0.244 e. The topological polar surface area (TPSA) is 37.4 Å². The molecule has 102 valence electrons. The van der Waals surface area contributed by atoms with Gasteiger partial charge in [0.05, 0.1) is 5.02 Å². The fourth-order valence-corrected chi connectivity index (χ4v) is 4.01. The first-order valence-electron chi connectivity index (χ1n) is 5.45. The van der Waals surface area contributed by atoms with Crippen LogP contribution in [0.3, 0.4) is 0 Å². The Kier molecular flexibility index (Phi) is 4.87. The number of rotatable bonds is 3. The minimum atomic E-state index is -3.54. The predicted molar refractivity (Wildman–Crippen MR) is 78.4 cm³/mol. The molecule has 0 fully saturated rings. The normalized spacial score (nSPS) is 13.1. The molecule has 18 heavy (non-hydrogen) atoms. The highest BCUT2D eigenvalue weighted by Gasteiger charge is 2.27. The first-order chi connectivity index (χ1) is 8.04. The van der Waals surface area contributed by atoms with Crippen LogP contribution in [0.2, 0.25) is 5.02 Å². The number of benzene rings is 1. The summed E-state index contributed by atoms with van der Waals surface area (Å²) in [4.78, 5) is 0.138. The third-order valence-corrected chi connectivity index (χ3v) is 5.06. The van der Waals surface area contributed by atoms with Gasteiger partial charge in [-0.15, -0.1) is 0 Å². The van der Waals surface area contributed by atoms with Crippen molar-refractivity contribution in [1.29, 1.82) is 0 Å². The highest BCUT2D eigenvalue weighted by molar-refractivity contribution is 9.10. The molecular formula is C12H17BrClNO2S. The summed E-state index contributed by atoms with van der Waals surface area (Å²) in [5.41, 5.74) is -0.107. The molecule has 0 N–H and O–H groups in total. The average molecular weight is 355 g/mol. The molecule has 0 heterocycles. The maximum Gasteiger partial charge on any atom is 0.244 e. The third-order valence-electron chi connectivity index (χ3n) is 2.28. The lowest BCUT2D eigenvalue weighted by molar-refractivity contribution is 0.311. The van der Waals surface area contributed by atoms with E-state index in [2.05, 4.69) is 15.9 Å². The van der Waals surface area contributed by atoms with Gasteiger partial charge in [0.15, 0.2) is 0 Å². The lowest BCUT2D eigenvalue weighted by Crippen LogP contribution is -2.34. The molecular weight excluding hydrogens is 338 g/mol. The maximum atomic E-state index is 12.4. The number of nitrogens with zero attached hydrogens (tertiary/aromatic N) is 1. The Bertz CT molecular complexity index is 537. The van der Waals surface area contributed by atoms with E-state index in [0.29, 0.717) is 6.54 Å². The molecule has 0 unspecified atom stereocenters. The van der Waals surface area contributed by atoms with E-state index in [1.165, 1.54) is 10.4 Å². The summed E-state index contributed by atoms with van der Waals surface area (Å²) in [6, 6.07) is 4.77. The predicted octanol–water partition coefficient (Wildman–Crippen LogP) is 3.77. The quantitative estimate of drug-likeness (QED) is 0.828. The minimum absolute atomic E-state index is 0.107. The van der Waals surface area contributed by atoms with Crippen molar-refractivity contribution in [3.05, 3.63) is 27.7 Å². The van der Waals surface area contributed by atoms with Crippen molar-refractivity contribution in [1.82, 2.24) is 4.31 Å². The van der Waals surface area contributed by atoms with Crippen LogP contribution in [0.5, 0.6) is 0 Å². The first kappa shape index (κ1) is 16.0.